The molecule has 9 aromatic rings. The summed E-state index contributed by atoms with van der Waals surface area (Å²) in [6.45, 7) is 7.40. The van der Waals surface area contributed by atoms with Gasteiger partial charge in [0.25, 0.3) is 0 Å². The molecule has 0 radical (unpaired) electrons. The van der Waals surface area contributed by atoms with Crippen molar-refractivity contribution in [3.8, 4) is 67.5 Å². The molecular weight excluding hydrogens is 745 g/mol. The van der Waals surface area contributed by atoms with E-state index in [1.165, 1.54) is 49.7 Å². The van der Waals surface area contributed by atoms with Crippen LogP contribution in [0, 0.1) is 24.3 Å². The number of rotatable bonds is 7. The summed E-state index contributed by atoms with van der Waals surface area (Å²) in [5, 5.41) is 2.02. The van der Waals surface area contributed by atoms with Crippen LogP contribution in [0.25, 0.3) is 94.3 Å². The van der Waals surface area contributed by atoms with E-state index in [2.05, 4.69) is 120 Å². The van der Waals surface area contributed by atoms with Gasteiger partial charge >= 0.3 is 0 Å². The maximum Gasteiger partial charge on any atom is 0.187 e. The molecule has 7 aromatic carbocycles. The van der Waals surface area contributed by atoms with E-state index in [0.29, 0.717) is 28.6 Å². The van der Waals surface area contributed by atoms with Gasteiger partial charge < -0.3 is 4.42 Å². The Bertz CT molecular complexity index is 3140. The van der Waals surface area contributed by atoms with Crippen LogP contribution in [0.3, 0.4) is 0 Å². The molecule has 0 unspecified atom stereocenters. The van der Waals surface area contributed by atoms with Crippen LogP contribution in [0.4, 0.5) is 5.69 Å². The Labute approximate surface area is 355 Å². The molecule has 13 rings (SSSR count). The summed E-state index contributed by atoms with van der Waals surface area (Å²) in [7, 11) is 0. The van der Waals surface area contributed by atoms with Crippen molar-refractivity contribution in [2.24, 2.45) is 17.8 Å². The summed E-state index contributed by atoms with van der Waals surface area (Å²) in [6.07, 6.45) is 8.45. The average molecular weight is 787 g/mol. The molecule has 4 aliphatic rings. The number of benzene rings is 7. The van der Waals surface area contributed by atoms with Crippen molar-refractivity contribution in [3.63, 3.8) is 0 Å². The van der Waals surface area contributed by atoms with Crippen LogP contribution in [0.15, 0.2) is 168 Å². The molecule has 0 amide bonds. The van der Waals surface area contributed by atoms with Gasteiger partial charge in [0.1, 0.15) is 11.2 Å². The zero-order chi connectivity index (χ0) is 40.5. The number of furan rings is 1. The van der Waals surface area contributed by atoms with E-state index in [1.54, 1.807) is 0 Å². The monoisotopic (exact) mass is 786 g/mol. The minimum absolute atomic E-state index is 0.366. The molecule has 292 valence electrons. The number of aromatic nitrogens is 3. The normalized spacial score (nSPS) is 20.3. The van der Waals surface area contributed by atoms with Crippen molar-refractivity contribution in [2.45, 2.75) is 43.9 Å². The second-order valence-corrected chi connectivity index (χ2v) is 17.7. The highest BCUT2D eigenvalue weighted by atomic mass is 16.3. The fourth-order valence-electron chi connectivity index (χ4n) is 11.5. The molecule has 5 heteroatoms. The summed E-state index contributed by atoms with van der Waals surface area (Å²) in [5.74, 6) is 4.50. The van der Waals surface area contributed by atoms with Gasteiger partial charge in [-0.3, -0.25) is 0 Å². The SMILES string of the molecule is [C-]#[N+]c1ccc(-c2cccc(-c3nc(-c4cccc(-c5ccccc5)c4)nc(-c4cccc5oc6c(-c7ccc(C89CC%10CC(CC(C%10)C8)C9)cc7)cccc6c45)n3)c2)cc1. The number of hydrogen-bond donors (Lipinski definition) is 0. The van der Waals surface area contributed by atoms with Crippen LogP contribution in [-0.4, -0.2) is 15.0 Å². The van der Waals surface area contributed by atoms with Crippen LogP contribution >= 0.6 is 0 Å². The molecular formula is C56H42N4O. The van der Waals surface area contributed by atoms with Crippen LogP contribution in [-0.2, 0) is 5.41 Å². The summed E-state index contributed by atoms with van der Waals surface area (Å²) < 4.78 is 6.82. The first-order chi connectivity index (χ1) is 30.1. The van der Waals surface area contributed by atoms with Crippen molar-refractivity contribution < 1.29 is 4.42 Å². The van der Waals surface area contributed by atoms with Gasteiger partial charge in [0.05, 0.1) is 6.57 Å². The smallest absolute Gasteiger partial charge is 0.187 e. The van der Waals surface area contributed by atoms with E-state index in [4.69, 9.17) is 25.9 Å². The van der Waals surface area contributed by atoms with Crippen molar-refractivity contribution in [3.05, 3.63) is 181 Å². The second-order valence-electron chi connectivity index (χ2n) is 17.7. The number of fused-ring (bicyclic) bond motifs is 3. The van der Waals surface area contributed by atoms with E-state index in [-0.39, 0.29) is 0 Å². The molecule has 2 heterocycles. The first kappa shape index (κ1) is 35.8. The fourth-order valence-corrected chi connectivity index (χ4v) is 11.5. The zero-order valence-electron chi connectivity index (χ0n) is 33.8. The molecule has 4 aliphatic carbocycles. The lowest BCUT2D eigenvalue weighted by Crippen LogP contribution is -2.48. The summed E-state index contributed by atoms with van der Waals surface area (Å²) in [6, 6.07) is 57.0. The number of nitrogens with zero attached hydrogens (tertiary/aromatic N) is 4. The van der Waals surface area contributed by atoms with Crippen molar-refractivity contribution in [1.82, 2.24) is 15.0 Å². The van der Waals surface area contributed by atoms with Crippen LogP contribution in [0.5, 0.6) is 0 Å². The maximum absolute atomic E-state index is 7.40. The van der Waals surface area contributed by atoms with E-state index >= 15 is 0 Å². The molecule has 0 aliphatic heterocycles. The van der Waals surface area contributed by atoms with Gasteiger partial charge in [-0.05, 0) is 113 Å². The third-order valence-electron chi connectivity index (χ3n) is 13.9. The van der Waals surface area contributed by atoms with E-state index in [0.717, 1.165) is 84.2 Å². The first-order valence-corrected chi connectivity index (χ1v) is 21.6. The molecule has 61 heavy (non-hydrogen) atoms. The van der Waals surface area contributed by atoms with Gasteiger partial charge in [0, 0.05) is 33.0 Å². The summed E-state index contributed by atoms with van der Waals surface area (Å²) in [5.41, 5.74) is 13.4. The van der Waals surface area contributed by atoms with Crippen LogP contribution in [0.2, 0.25) is 0 Å². The number of para-hydroxylation sites is 1. The Morgan fingerprint density at radius 3 is 1.64 bits per heavy atom. The number of hydrogen-bond acceptors (Lipinski definition) is 4. The van der Waals surface area contributed by atoms with E-state index in [9.17, 15) is 0 Å². The predicted octanol–water partition coefficient (Wildman–Crippen LogP) is 14.8. The Morgan fingerprint density at radius 1 is 0.475 bits per heavy atom. The Balaban J connectivity index is 0.981. The molecule has 5 nitrogen and oxygen atoms in total. The Hall–Kier alpha value is -7.16. The molecule has 4 bridgehead atoms. The van der Waals surface area contributed by atoms with Crippen molar-refractivity contribution in [2.75, 3.05) is 0 Å². The Kier molecular flexibility index (Phi) is 8.35. The minimum atomic E-state index is 0.366. The third-order valence-corrected chi connectivity index (χ3v) is 13.9. The summed E-state index contributed by atoms with van der Waals surface area (Å²) >= 11 is 0. The first-order valence-electron chi connectivity index (χ1n) is 21.6. The lowest BCUT2D eigenvalue weighted by molar-refractivity contribution is -0.00518. The lowest BCUT2D eigenvalue weighted by Gasteiger charge is -2.57. The van der Waals surface area contributed by atoms with Crippen molar-refractivity contribution in [1.29, 1.82) is 0 Å². The largest absolute Gasteiger partial charge is 0.455 e. The predicted molar refractivity (Wildman–Crippen MR) is 246 cm³/mol. The summed E-state index contributed by atoms with van der Waals surface area (Å²) in [4.78, 5) is 19.2. The minimum Gasteiger partial charge on any atom is -0.455 e. The standard InChI is InChI=1S/C56H42N4O/c1-57-46-25-21-39(22-26-46)42-12-6-14-44(31-42)54-58-53(43-13-5-11-41(30-43)38-9-3-2-4-10-38)59-55(60-54)49-17-8-18-50-51(49)48-16-7-15-47(52(48)61-50)40-19-23-45(24-20-40)56-32-35-27-36(33-56)29-37(28-35)34-56/h2-26,30-31,35-37H,27-29,32-34H2. The second kappa shape index (κ2) is 14.2. The zero-order valence-corrected chi connectivity index (χ0v) is 33.8. The molecule has 0 saturated heterocycles. The Morgan fingerprint density at radius 2 is 1.00 bits per heavy atom. The molecule has 0 N–H and O–H groups in total. The topological polar surface area (TPSA) is 56.2 Å². The lowest BCUT2D eigenvalue weighted by atomic mass is 9.48. The van der Waals surface area contributed by atoms with E-state index < -0.39 is 0 Å². The third kappa shape index (κ3) is 6.25. The molecule has 0 spiro atoms. The van der Waals surface area contributed by atoms with Gasteiger partial charge in [0.2, 0.25) is 0 Å². The molecule has 4 saturated carbocycles. The fraction of sp³-hybridized carbons (Fsp3) is 0.179. The highest BCUT2D eigenvalue weighted by Crippen LogP contribution is 2.61. The quantitative estimate of drug-likeness (QED) is 0.151. The highest BCUT2D eigenvalue weighted by Gasteiger charge is 2.51. The molecule has 4 fully saturated rings. The van der Waals surface area contributed by atoms with Crippen molar-refractivity contribution >= 4 is 27.6 Å². The molecule has 0 atom stereocenters. The average Bonchev–Trinajstić information content (AvgIpc) is 3.71. The van der Waals surface area contributed by atoms with Gasteiger partial charge in [0.15, 0.2) is 23.2 Å². The van der Waals surface area contributed by atoms with E-state index in [1.807, 2.05) is 48.5 Å². The van der Waals surface area contributed by atoms with Gasteiger partial charge in [-0.2, -0.15) is 0 Å². The van der Waals surface area contributed by atoms with Gasteiger partial charge in [-0.15, -0.1) is 0 Å². The molecule has 2 aromatic heterocycles. The van der Waals surface area contributed by atoms with Gasteiger partial charge in [-0.25, -0.2) is 19.8 Å². The van der Waals surface area contributed by atoms with Crippen LogP contribution in [0.1, 0.15) is 44.1 Å². The highest BCUT2D eigenvalue weighted by molar-refractivity contribution is 6.15. The maximum atomic E-state index is 7.40. The van der Waals surface area contributed by atoms with Crippen LogP contribution < -0.4 is 0 Å². The van der Waals surface area contributed by atoms with Gasteiger partial charge in [-0.1, -0.05) is 146 Å².